The molecule has 0 saturated carbocycles. The molecule has 0 fully saturated rings. The van der Waals surface area contributed by atoms with E-state index in [1.54, 1.807) is 25.1 Å². The highest BCUT2D eigenvalue weighted by Gasteiger charge is 2.12. The van der Waals surface area contributed by atoms with Gasteiger partial charge in [0.2, 0.25) is 0 Å². The van der Waals surface area contributed by atoms with E-state index in [2.05, 4.69) is 4.99 Å². The van der Waals surface area contributed by atoms with Crippen molar-refractivity contribution in [1.29, 1.82) is 0 Å². The van der Waals surface area contributed by atoms with Crippen LogP contribution >= 0.6 is 0 Å². The molecule has 0 atom stereocenters. The molecule has 0 heterocycles. The first-order valence-electron chi connectivity index (χ1n) is 6.35. The number of esters is 1. The lowest BCUT2D eigenvalue weighted by Gasteiger charge is -2.06. The number of rotatable bonds is 6. The molecule has 0 spiro atoms. The van der Waals surface area contributed by atoms with Gasteiger partial charge in [-0.3, -0.25) is 4.99 Å². The number of hydrogen-bond donors (Lipinski definition) is 1. The van der Waals surface area contributed by atoms with E-state index in [4.69, 9.17) is 14.2 Å². The number of aliphatic imine (C=N–C) groups is 1. The predicted molar refractivity (Wildman–Crippen MR) is 79.7 cm³/mol. The van der Waals surface area contributed by atoms with Gasteiger partial charge < -0.3 is 19.3 Å². The van der Waals surface area contributed by atoms with Crippen molar-refractivity contribution in [2.75, 3.05) is 20.8 Å². The molecule has 0 aromatic heterocycles. The normalized spacial score (nSPS) is 12.0. The highest BCUT2D eigenvalue weighted by molar-refractivity contribution is 6.10. The van der Waals surface area contributed by atoms with Crippen molar-refractivity contribution >= 4 is 17.9 Å². The second-order valence-corrected chi connectivity index (χ2v) is 4.05. The molecule has 0 amide bonds. The van der Waals surface area contributed by atoms with E-state index in [0.717, 1.165) is 0 Å². The molecular formula is C15H19NO5. The van der Waals surface area contributed by atoms with Crippen LogP contribution in [-0.2, 0) is 9.53 Å². The Bertz CT molecular complexity index is 537. The minimum absolute atomic E-state index is 0.00126. The van der Waals surface area contributed by atoms with E-state index >= 15 is 0 Å². The second kappa shape index (κ2) is 7.94. The van der Waals surface area contributed by atoms with Gasteiger partial charge in [0.15, 0.2) is 0 Å². The van der Waals surface area contributed by atoms with Gasteiger partial charge in [-0.1, -0.05) is 0 Å². The molecule has 1 rings (SSSR count). The molecule has 0 aliphatic heterocycles. The van der Waals surface area contributed by atoms with Gasteiger partial charge in [-0.25, -0.2) is 4.79 Å². The Morgan fingerprint density at radius 1 is 1.24 bits per heavy atom. The summed E-state index contributed by atoms with van der Waals surface area (Å²) in [5.41, 5.74) is 0.521. The molecule has 0 radical (unpaired) electrons. The molecule has 0 aliphatic rings. The summed E-state index contributed by atoms with van der Waals surface area (Å²) in [4.78, 5) is 15.8. The van der Waals surface area contributed by atoms with Crippen LogP contribution in [0.3, 0.4) is 0 Å². The standard InChI is InChI=1S/C15H19NO5/c1-5-21-15(18)14(10(2)17)9-16-11-6-12(19-3)8-13(7-11)20-4/h6-9,17H,5H2,1-4H3. The number of aliphatic hydroxyl groups excluding tert-OH is 1. The molecule has 1 aromatic rings. The minimum Gasteiger partial charge on any atom is -0.512 e. The summed E-state index contributed by atoms with van der Waals surface area (Å²) < 4.78 is 15.1. The lowest BCUT2D eigenvalue weighted by molar-refractivity contribution is -0.138. The van der Waals surface area contributed by atoms with E-state index in [-0.39, 0.29) is 17.9 Å². The molecule has 0 saturated heterocycles. The highest BCUT2D eigenvalue weighted by Crippen LogP contribution is 2.27. The number of allylic oxidation sites excluding steroid dienone is 1. The Hall–Kier alpha value is -2.50. The fourth-order valence-corrected chi connectivity index (χ4v) is 1.51. The maximum absolute atomic E-state index is 11.7. The maximum Gasteiger partial charge on any atom is 0.343 e. The van der Waals surface area contributed by atoms with Crippen molar-refractivity contribution in [3.8, 4) is 11.5 Å². The zero-order chi connectivity index (χ0) is 15.8. The fraction of sp³-hybridized carbons (Fsp3) is 0.333. The van der Waals surface area contributed by atoms with E-state index in [1.807, 2.05) is 0 Å². The molecule has 6 nitrogen and oxygen atoms in total. The first kappa shape index (κ1) is 16.6. The highest BCUT2D eigenvalue weighted by atomic mass is 16.5. The summed E-state index contributed by atoms with van der Waals surface area (Å²) >= 11 is 0. The number of benzene rings is 1. The van der Waals surface area contributed by atoms with Crippen LogP contribution < -0.4 is 9.47 Å². The zero-order valence-electron chi connectivity index (χ0n) is 12.5. The molecule has 6 heteroatoms. The third kappa shape index (κ3) is 4.83. The van der Waals surface area contributed by atoms with Gasteiger partial charge in [-0.2, -0.15) is 0 Å². The summed E-state index contributed by atoms with van der Waals surface area (Å²) in [6.45, 7) is 3.30. The van der Waals surface area contributed by atoms with E-state index < -0.39 is 5.97 Å². The van der Waals surface area contributed by atoms with E-state index in [0.29, 0.717) is 17.2 Å². The number of hydrogen-bond acceptors (Lipinski definition) is 6. The first-order valence-corrected chi connectivity index (χ1v) is 6.35. The molecular weight excluding hydrogens is 274 g/mol. The predicted octanol–water partition coefficient (Wildman–Crippen LogP) is 2.80. The average molecular weight is 293 g/mol. The monoisotopic (exact) mass is 293 g/mol. The quantitative estimate of drug-likeness (QED) is 0.378. The van der Waals surface area contributed by atoms with E-state index in [9.17, 15) is 9.90 Å². The summed E-state index contributed by atoms with van der Waals surface area (Å²) in [5.74, 6) is 0.357. The van der Waals surface area contributed by atoms with Crippen LogP contribution in [0, 0.1) is 0 Å². The summed E-state index contributed by atoms with van der Waals surface area (Å²) in [5, 5.41) is 9.53. The van der Waals surface area contributed by atoms with Gasteiger partial charge in [0.25, 0.3) is 0 Å². The molecule has 21 heavy (non-hydrogen) atoms. The molecule has 0 aliphatic carbocycles. The van der Waals surface area contributed by atoms with Crippen LogP contribution in [0.25, 0.3) is 0 Å². The Morgan fingerprint density at radius 2 is 1.81 bits per heavy atom. The molecule has 0 bridgehead atoms. The van der Waals surface area contributed by atoms with Crippen LogP contribution in [0.15, 0.2) is 34.5 Å². The summed E-state index contributed by atoms with van der Waals surface area (Å²) in [6.07, 6.45) is 1.25. The van der Waals surface area contributed by atoms with Crippen LogP contribution in [-0.4, -0.2) is 38.1 Å². The van der Waals surface area contributed by atoms with Crippen molar-refractivity contribution in [2.45, 2.75) is 13.8 Å². The molecule has 0 unspecified atom stereocenters. The number of nitrogens with zero attached hydrogens (tertiary/aromatic N) is 1. The lowest BCUT2D eigenvalue weighted by Crippen LogP contribution is -2.10. The number of methoxy groups -OCH3 is 2. The third-order valence-corrected chi connectivity index (χ3v) is 2.56. The van der Waals surface area contributed by atoms with Crippen LogP contribution in [0.2, 0.25) is 0 Å². The molecule has 1 N–H and O–H groups in total. The number of carbonyl (C=O) groups is 1. The van der Waals surface area contributed by atoms with Crippen molar-refractivity contribution in [2.24, 2.45) is 4.99 Å². The third-order valence-electron chi connectivity index (χ3n) is 2.56. The van der Waals surface area contributed by atoms with Gasteiger partial charge >= 0.3 is 5.97 Å². The van der Waals surface area contributed by atoms with Gasteiger partial charge in [-0.05, 0) is 13.8 Å². The first-order chi connectivity index (χ1) is 10.0. The summed E-state index contributed by atoms with van der Waals surface area (Å²) in [6, 6.07) is 5.06. The summed E-state index contributed by atoms with van der Waals surface area (Å²) in [7, 11) is 3.06. The molecule has 1 aromatic carbocycles. The van der Waals surface area contributed by atoms with Crippen molar-refractivity contribution in [3.05, 3.63) is 29.5 Å². The van der Waals surface area contributed by atoms with Gasteiger partial charge in [0, 0.05) is 24.4 Å². The van der Waals surface area contributed by atoms with Crippen LogP contribution in [0.5, 0.6) is 11.5 Å². The van der Waals surface area contributed by atoms with Gasteiger partial charge in [-0.15, -0.1) is 0 Å². The largest absolute Gasteiger partial charge is 0.512 e. The Kier molecular flexibility index (Phi) is 6.26. The van der Waals surface area contributed by atoms with E-state index in [1.165, 1.54) is 27.4 Å². The van der Waals surface area contributed by atoms with Gasteiger partial charge in [0.05, 0.1) is 26.5 Å². The minimum atomic E-state index is -0.629. The SMILES string of the molecule is CCOC(=O)C(C=Nc1cc(OC)cc(OC)c1)=C(C)O. The van der Waals surface area contributed by atoms with Crippen LogP contribution in [0.4, 0.5) is 5.69 Å². The number of carbonyl (C=O) groups excluding carboxylic acids is 1. The van der Waals surface area contributed by atoms with Crippen molar-refractivity contribution in [1.82, 2.24) is 0 Å². The van der Waals surface area contributed by atoms with Crippen molar-refractivity contribution < 1.29 is 24.1 Å². The Labute approximate surface area is 123 Å². The zero-order valence-corrected chi connectivity index (χ0v) is 12.5. The Morgan fingerprint density at radius 3 is 2.24 bits per heavy atom. The fourth-order valence-electron chi connectivity index (χ4n) is 1.51. The topological polar surface area (TPSA) is 77.4 Å². The van der Waals surface area contributed by atoms with Crippen LogP contribution in [0.1, 0.15) is 13.8 Å². The second-order valence-electron chi connectivity index (χ2n) is 4.05. The van der Waals surface area contributed by atoms with Crippen molar-refractivity contribution in [3.63, 3.8) is 0 Å². The number of ether oxygens (including phenoxy) is 3. The Balaban J connectivity index is 3.07. The lowest BCUT2D eigenvalue weighted by atomic mass is 10.2. The average Bonchev–Trinajstić information content (AvgIpc) is 2.46. The molecule has 114 valence electrons. The number of aliphatic hydroxyl groups is 1. The maximum atomic E-state index is 11.7. The smallest absolute Gasteiger partial charge is 0.343 e. The van der Waals surface area contributed by atoms with Gasteiger partial charge in [0.1, 0.15) is 22.8 Å².